The topological polar surface area (TPSA) is 72.8 Å². The Morgan fingerprint density at radius 3 is 2.50 bits per heavy atom. The Bertz CT molecular complexity index is 711. The second kappa shape index (κ2) is 6.71. The third-order valence-corrected chi connectivity index (χ3v) is 2.93. The van der Waals surface area contributed by atoms with Crippen molar-refractivity contribution < 1.29 is 28.6 Å². The standard InChI is InChI=1S/C16H13FO5/c1-21-10-6-7-12(14(18)8-10)16(20)22-9-15(19)11-4-2-3-5-13(11)17/h2-8,18H,9H2,1H3. The number of ketones is 1. The van der Waals surface area contributed by atoms with E-state index < -0.39 is 24.2 Å². The highest BCUT2D eigenvalue weighted by Crippen LogP contribution is 2.24. The summed E-state index contributed by atoms with van der Waals surface area (Å²) in [5.41, 5.74) is -0.267. The maximum absolute atomic E-state index is 13.4. The van der Waals surface area contributed by atoms with Crippen LogP contribution in [0.25, 0.3) is 0 Å². The van der Waals surface area contributed by atoms with Crippen molar-refractivity contribution in [1.82, 2.24) is 0 Å². The van der Waals surface area contributed by atoms with E-state index in [1.165, 1.54) is 43.5 Å². The molecule has 0 fully saturated rings. The number of methoxy groups -OCH3 is 1. The number of esters is 1. The van der Waals surface area contributed by atoms with Gasteiger partial charge in [-0.15, -0.1) is 0 Å². The molecule has 2 aromatic carbocycles. The zero-order valence-electron chi connectivity index (χ0n) is 11.7. The highest BCUT2D eigenvalue weighted by molar-refractivity contribution is 6.00. The van der Waals surface area contributed by atoms with Crippen LogP contribution in [0.1, 0.15) is 20.7 Å². The minimum Gasteiger partial charge on any atom is -0.507 e. The molecule has 0 radical (unpaired) electrons. The third-order valence-electron chi connectivity index (χ3n) is 2.93. The lowest BCUT2D eigenvalue weighted by atomic mass is 10.1. The zero-order valence-corrected chi connectivity index (χ0v) is 11.7. The van der Waals surface area contributed by atoms with Gasteiger partial charge in [-0.25, -0.2) is 9.18 Å². The molecule has 5 nitrogen and oxygen atoms in total. The first-order valence-electron chi connectivity index (χ1n) is 6.34. The molecular formula is C16H13FO5. The van der Waals surface area contributed by atoms with Gasteiger partial charge in [0.25, 0.3) is 0 Å². The first-order valence-corrected chi connectivity index (χ1v) is 6.34. The smallest absolute Gasteiger partial charge is 0.342 e. The predicted octanol–water partition coefficient (Wildman–Crippen LogP) is 2.58. The van der Waals surface area contributed by atoms with Crippen molar-refractivity contribution in [3.05, 3.63) is 59.4 Å². The van der Waals surface area contributed by atoms with Gasteiger partial charge in [-0.05, 0) is 24.3 Å². The number of hydrogen-bond acceptors (Lipinski definition) is 5. The van der Waals surface area contributed by atoms with Gasteiger partial charge in [0.15, 0.2) is 6.61 Å². The first-order chi connectivity index (χ1) is 10.5. The minimum absolute atomic E-state index is 0.109. The largest absolute Gasteiger partial charge is 0.507 e. The monoisotopic (exact) mass is 304 g/mol. The molecule has 0 aromatic heterocycles. The summed E-state index contributed by atoms with van der Waals surface area (Å²) in [4.78, 5) is 23.6. The molecule has 2 aromatic rings. The second-order valence-electron chi connectivity index (χ2n) is 4.36. The molecule has 6 heteroatoms. The average Bonchev–Trinajstić information content (AvgIpc) is 2.52. The summed E-state index contributed by atoms with van der Waals surface area (Å²) >= 11 is 0. The zero-order chi connectivity index (χ0) is 16.1. The molecule has 0 bridgehead atoms. The van der Waals surface area contributed by atoms with Gasteiger partial charge in [-0.2, -0.15) is 0 Å². The van der Waals surface area contributed by atoms with Crippen LogP contribution in [-0.2, 0) is 4.74 Å². The third kappa shape index (κ3) is 3.41. The van der Waals surface area contributed by atoms with E-state index in [9.17, 15) is 19.1 Å². The molecule has 2 rings (SSSR count). The lowest BCUT2D eigenvalue weighted by Gasteiger charge is -2.07. The maximum Gasteiger partial charge on any atom is 0.342 e. The van der Waals surface area contributed by atoms with E-state index in [1.54, 1.807) is 0 Å². The van der Waals surface area contributed by atoms with Gasteiger partial charge in [0, 0.05) is 6.07 Å². The van der Waals surface area contributed by atoms with E-state index in [-0.39, 0.29) is 16.9 Å². The fourth-order valence-electron chi connectivity index (χ4n) is 1.78. The Kier molecular flexibility index (Phi) is 4.73. The average molecular weight is 304 g/mol. The molecule has 0 aliphatic carbocycles. The molecule has 0 aliphatic rings. The van der Waals surface area contributed by atoms with Crippen LogP contribution in [0.4, 0.5) is 4.39 Å². The molecular weight excluding hydrogens is 291 g/mol. The Morgan fingerprint density at radius 1 is 1.14 bits per heavy atom. The molecule has 0 aliphatic heterocycles. The quantitative estimate of drug-likeness (QED) is 0.679. The van der Waals surface area contributed by atoms with Crippen molar-refractivity contribution in [2.24, 2.45) is 0 Å². The maximum atomic E-state index is 13.4. The van der Waals surface area contributed by atoms with Gasteiger partial charge in [0.1, 0.15) is 22.9 Å². The van der Waals surface area contributed by atoms with Crippen molar-refractivity contribution in [1.29, 1.82) is 0 Å². The molecule has 114 valence electrons. The van der Waals surface area contributed by atoms with E-state index in [0.29, 0.717) is 5.75 Å². The highest BCUT2D eigenvalue weighted by Gasteiger charge is 2.17. The van der Waals surface area contributed by atoms with Gasteiger partial charge in [0.05, 0.1) is 12.7 Å². The van der Waals surface area contributed by atoms with E-state index >= 15 is 0 Å². The molecule has 0 atom stereocenters. The molecule has 0 saturated carbocycles. The predicted molar refractivity (Wildman–Crippen MR) is 75.7 cm³/mol. The van der Waals surface area contributed by atoms with Crippen LogP contribution in [0.5, 0.6) is 11.5 Å². The second-order valence-corrected chi connectivity index (χ2v) is 4.36. The molecule has 1 N–H and O–H groups in total. The molecule has 0 unspecified atom stereocenters. The summed E-state index contributed by atoms with van der Waals surface area (Å²) in [7, 11) is 1.42. The van der Waals surface area contributed by atoms with E-state index in [1.807, 2.05) is 0 Å². The number of carbonyl (C=O) groups is 2. The summed E-state index contributed by atoms with van der Waals surface area (Å²) < 4.78 is 23.1. The van der Waals surface area contributed by atoms with Crippen molar-refractivity contribution in [3.8, 4) is 11.5 Å². The van der Waals surface area contributed by atoms with E-state index in [0.717, 1.165) is 6.07 Å². The Hall–Kier alpha value is -2.89. The van der Waals surface area contributed by atoms with Crippen molar-refractivity contribution >= 4 is 11.8 Å². The van der Waals surface area contributed by atoms with Gasteiger partial charge in [0.2, 0.25) is 5.78 Å². The van der Waals surface area contributed by atoms with Crippen LogP contribution in [0, 0.1) is 5.82 Å². The number of carbonyl (C=O) groups excluding carboxylic acids is 2. The number of phenols is 1. The number of hydrogen-bond donors (Lipinski definition) is 1. The van der Waals surface area contributed by atoms with Gasteiger partial charge in [-0.3, -0.25) is 4.79 Å². The van der Waals surface area contributed by atoms with E-state index in [2.05, 4.69) is 0 Å². The van der Waals surface area contributed by atoms with Crippen molar-refractivity contribution in [2.75, 3.05) is 13.7 Å². The number of halogens is 1. The Labute approximate surface area is 125 Å². The number of phenolic OH excluding ortho intramolecular Hbond substituents is 1. The van der Waals surface area contributed by atoms with Crippen LogP contribution in [0.3, 0.4) is 0 Å². The van der Waals surface area contributed by atoms with Crippen LogP contribution >= 0.6 is 0 Å². The van der Waals surface area contributed by atoms with Crippen LogP contribution in [0.15, 0.2) is 42.5 Å². The number of rotatable bonds is 5. The van der Waals surface area contributed by atoms with Crippen molar-refractivity contribution in [2.45, 2.75) is 0 Å². The molecule has 0 heterocycles. The normalized spacial score (nSPS) is 10.1. The SMILES string of the molecule is COc1ccc(C(=O)OCC(=O)c2ccccc2F)c(O)c1. The fraction of sp³-hybridized carbons (Fsp3) is 0.125. The summed E-state index contributed by atoms with van der Waals surface area (Å²) in [6.45, 7) is -0.620. The number of ether oxygens (including phenoxy) is 2. The number of benzene rings is 2. The summed E-state index contributed by atoms with van der Waals surface area (Å²) in [6, 6.07) is 9.43. The van der Waals surface area contributed by atoms with Crippen LogP contribution in [-0.4, -0.2) is 30.6 Å². The molecule has 22 heavy (non-hydrogen) atoms. The Morgan fingerprint density at radius 2 is 1.86 bits per heavy atom. The number of aromatic hydroxyl groups is 1. The Balaban J connectivity index is 2.04. The number of Topliss-reactive ketones (excluding diaryl/α,β-unsaturated/α-hetero) is 1. The van der Waals surface area contributed by atoms with Crippen LogP contribution in [0.2, 0.25) is 0 Å². The van der Waals surface area contributed by atoms with Gasteiger partial charge < -0.3 is 14.6 Å². The summed E-state index contributed by atoms with van der Waals surface area (Å²) in [5, 5.41) is 9.69. The fourth-order valence-corrected chi connectivity index (χ4v) is 1.78. The summed E-state index contributed by atoms with van der Waals surface area (Å²) in [6.07, 6.45) is 0. The first kappa shape index (κ1) is 15.5. The minimum atomic E-state index is -0.884. The lowest BCUT2D eigenvalue weighted by Crippen LogP contribution is -2.15. The van der Waals surface area contributed by atoms with Crippen molar-refractivity contribution in [3.63, 3.8) is 0 Å². The van der Waals surface area contributed by atoms with Gasteiger partial charge in [-0.1, -0.05) is 12.1 Å². The highest BCUT2D eigenvalue weighted by atomic mass is 19.1. The lowest BCUT2D eigenvalue weighted by molar-refractivity contribution is 0.0470. The molecule has 0 spiro atoms. The van der Waals surface area contributed by atoms with E-state index in [4.69, 9.17) is 9.47 Å². The summed E-state index contributed by atoms with van der Waals surface area (Å²) in [5.74, 6) is -2.20. The molecule has 0 amide bonds. The van der Waals surface area contributed by atoms with Crippen LogP contribution < -0.4 is 4.74 Å². The molecule has 0 saturated heterocycles. The van der Waals surface area contributed by atoms with Gasteiger partial charge >= 0.3 is 5.97 Å².